The first kappa shape index (κ1) is 60.7. The van der Waals surface area contributed by atoms with Crippen LogP contribution in [0, 0.1) is 17.3 Å². The van der Waals surface area contributed by atoms with Gasteiger partial charge in [0.2, 0.25) is 53.2 Å². The van der Waals surface area contributed by atoms with Gasteiger partial charge in [-0.1, -0.05) is 73.1 Å². The van der Waals surface area contributed by atoms with Crippen LogP contribution in [0.25, 0.3) is 10.9 Å². The van der Waals surface area contributed by atoms with Crippen LogP contribution in [0.1, 0.15) is 92.6 Å². The second kappa shape index (κ2) is 26.9. The fraction of sp³-hybridized carbons (Fsp3) is 0.583. The summed E-state index contributed by atoms with van der Waals surface area (Å²) in [5.41, 5.74) is 11.1. The minimum Gasteiger partial charge on any atom is -0.481 e. The van der Waals surface area contributed by atoms with E-state index in [2.05, 4.69) is 36.9 Å². The van der Waals surface area contributed by atoms with E-state index >= 15 is 0 Å². The van der Waals surface area contributed by atoms with Crippen LogP contribution in [0.15, 0.2) is 30.5 Å². The summed E-state index contributed by atoms with van der Waals surface area (Å²) in [6.07, 6.45) is -0.965. The first-order chi connectivity index (χ1) is 34.5. The molecule has 0 bridgehead atoms. The first-order valence-electron chi connectivity index (χ1n) is 24.1. The van der Waals surface area contributed by atoms with Gasteiger partial charge in [0.1, 0.15) is 48.3 Å². The van der Waals surface area contributed by atoms with E-state index in [4.69, 9.17) is 11.5 Å². The molecule has 0 aliphatic carbocycles. The lowest BCUT2D eigenvalue weighted by molar-refractivity contribution is -0.150. The third-order valence-corrected chi connectivity index (χ3v) is 12.6. The number of primary amides is 1. The molecule has 74 heavy (non-hydrogen) atoms. The van der Waals surface area contributed by atoms with Crippen molar-refractivity contribution in [1.29, 1.82) is 0 Å². The number of rotatable bonds is 27. The maximum atomic E-state index is 14.3. The Bertz CT molecular complexity index is 2440. The summed E-state index contributed by atoms with van der Waals surface area (Å²) in [5.74, 6) is -14.4. The Morgan fingerprint density at radius 2 is 1.34 bits per heavy atom. The number of carboxylic acid groups (broad SMARTS) is 3. The number of carboxylic acids is 3. The molecule has 3 rings (SSSR count). The van der Waals surface area contributed by atoms with Crippen LogP contribution in [0.5, 0.6) is 0 Å². The number of H-pyrrole nitrogens is 1. The number of aromatic amines is 1. The van der Waals surface area contributed by atoms with Gasteiger partial charge in [-0.25, -0.2) is 4.79 Å². The van der Waals surface area contributed by atoms with E-state index in [0.717, 1.165) is 15.3 Å². The molecule has 1 aliphatic rings. The summed E-state index contributed by atoms with van der Waals surface area (Å²) in [6, 6.07) is -5.36. The summed E-state index contributed by atoms with van der Waals surface area (Å²) in [5, 5.41) is 44.7. The minimum absolute atomic E-state index is 0.0761. The molecule has 26 heteroatoms. The highest BCUT2D eigenvalue weighted by molar-refractivity contribution is 6.00. The lowest BCUT2D eigenvalue weighted by Crippen LogP contribution is -2.63. The highest BCUT2D eigenvalue weighted by atomic mass is 16.4. The molecule has 1 saturated heterocycles. The average Bonchev–Trinajstić information content (AvgIpc) is 3.97. The third kappa shape index (κ3) is 16.7. The molecule has 1 fully saturated rings. The summed E-state index contributed by atoms with van der Waals surface area (Å²) in [7, 11) is 1.19. The van der Waals surface area contributed by atoms with Crippen molar-refractivity contribution >= 4 is 82.0 Å². The lowest BCUT2D eigenvalue weighted by Gasteiger charge is -2.39. The molecule has 1 aromatic heterocycles. The molecule has 408 valence electrons. The number of likely N-dealkylation sites (N-methyl/N-ethyl adjacent to an activating group) is 1. The van der Waals surface area contributed by atoms with Crippen LogP contribution in [0.2, 0.25) is 0 Å². The predicted molar refractivity (Wildman–Crippen MR) is 264 cm³/mol. The highest BCUT2D eigenvalue weighted by Gasteiger charge is 2.44. The van der Waals surface area contributed by atoms with Gasteiger partial charge in [-0.15, -0.1) is 0 Å². The number of hydrogen-bond donors (Lipinski definition) is 12. The third-order valence-electron chi connectivity index (χ3n) is 12.6. The van der Waals surface area contributed by atoms with Crippen molar-refractivity contribution in [3.05, 3.63) is 36.0 Å². The second-order valence-corrected chi connectivity index (χ2v) is 19.8. The topological polar surface area (TPSA) is 412 Å². The van der Waals surface area contributed by atoms with Gasteiger partial charge in [0, 0.05) is 37.1 Å². The quantitative estimate of drug-likeness (QED) is 0.0463. The van der Waals surface area contributed by atoms with E-state index in [-0.39, 0.29) is 25.8 Å². The zero-order valence-electron chi connectivity index (χ0n) is 42.8. The summed E-state index contributed by atoms with van der Waals surface area (Å²) in [6.45, 7) is 10.7. The smallest absolute Gasteiger partial charge is 0.326 e. The van der Waals surface area contributed by atoms with Crippen LogP contribution in [0.3, 0.4) is 0 Å². The Hall–Kier alpha value is -7.64. The largest absolute Gasteiger partial charge is 0.481 e. The highest BCUT2D eigenvalue weighted by Crippen LogP contribution is 2.27. The number of nitrogens with one attached hydrogen (secondary N) is 7. The number of nitrogens with zero attached hydrogens (tertiary/aromatic N) is 2. The number of nitrogens with two attached hydrogens (primary N) is 2. The number of aliphatic carboxylic acids is 3. The molecule has 2 aromatic rings. The van der Waals surface area contributed by atoms with E-state index < -0.39 is 162 Å². The number of carbonyl (C=O) groups is 12. The van der Waals surface area contributed by atoms with E-state index in [1.165, 1.54) is 7.05 Å². The normalized spacial score (nSPS) is 16.7. The van der Waals surface area contributed by atoms with Gasteiger partial charge in [0.25, 0.3) is 0 Å². The number of para-hydroxylation sites is 1. The average molecular weight is 1040 g/mol. The number of benzene rings is 1. The van der Waals surface area contributed by atoms with Crippen molar-refractivity contribution in [2.45, 2.75) is 142 Å². The molecule has 2 heterocycles. The molecule has 1 aliphatic heterocycles. The molecule has 9 atom stereocenters. The number of amides is 9. The van der Waals surface area contributed by atoms with Gasteiger partial charge >= 0.3 is 17.9 Å². The van der Waals surface area contributed by atoms with Crippen molar-refractivity contribution in [3.63, 3.8) is 0 Å². The molecule has 0 unspecified atom stereocenters. The zero-order valence-corrected chi connectivity index (χ0v) is 42.8. The molecular formula is C48H71N11O15. The predicted octanol–water partition coefficient (Wildman–Crippen LogP) is -1.95. The van der Waals surface area contributed by atoms with Crippen molar-refractivity contribution < 1.29 is 72.9 Å². The van der Waals surface area contributed by atoms with Crippen molar-refractivity contribution in [1.82, 2.24) is 46.7 Å². The Morgan fingerprint density at radius 3 is 1.89 bits per heavy atom. The number of hydrogen-bond acceptors (Lipinski definition) is 13. The van der Waals surface area contributed by atoms with Crippen LogP contribution < -0.4 is 43.4 Å². The molecule has 1 aromatic carbocycles. The number of carbonyl (C=O) groups excluding carboxylic acids is 9. The SMILES string of the molecule is CC[C@H](C)[C@H](NC(=O)[C@@H](NC(=O)[C@@H](N(C)C(=O)[C@H](CC(=O)O)NC(=O)[C@@H]1CCCN1C(=O)[C@H](CC(=O)O)NC(=O)[C@H](CC(N)=O)NC(=O)[C@H](Cc1c[nH]c2ccccc12)NC(=O)CN)C(C)(C)C)C(C)C)C(=O)O. The van der Waals surface area contributed by atoms with Gasteiger partial charge in [0.15, 0.2) is 0 Å². The fourth-order valence-electron chi connectivity index (χ4n) is 8.68. The molecule has 26 nitrogen and oxygen atoms in total. The van der Waals surface area contributed by atoms with E-state index in [1.54, 1.807) is 78.9 Å². The summed E-state index contributed by atoms with van der Waals surface area (Å²) in [4.78, 5) is 164. The van der Waals surface area contributed by atoms with E-state index in [0.29, 0.717) is 17.4 Å². The molecule has 0 saturated carbocycles. The number of aromatic nitrogens is 1. The number of likely N-dealkylation sites (tertiary alicyclic amines) is 1. The Balaban J connectivity index is 1.87. The van der Waals surface area contributed by atoms with Crippen molar-refractivity contribution in [3.8, 4) is 0 Å². The molecule has 0 spiro atoms. The maximum Gasteiger partial charge on any atom is 0.326 e. The van der Waals surface area contributed by atoms with Crippen molar-refractivity contribution in [2.75, 3.05) is 20.1 Å². The summed E-state index contributed by atoms with van der Waals surface area (Å²) < 4.78 is 0. The monoisotopic (exact) mass is 1040 g/mol. The maximum absolute atomic E-state index is 14.3. The molecule has 9 amide bonds. The summed E-state index contributed by atoms with van der Waals surface area (Å²) >= 11 is 0. The van der Waals surface area contributed by atoms with Crippen LogP contribution >= 0.6 is 0 Å². The Kier molecular flexibility index (Phi) is 22.0. The van der Waals surface area contributed by atoms with Gasteiger partial charge in [-0.2, -0.15) is 0 Å². The van der Waals surface area contributed by atoms with E-state index in [9.17, 15) is 72.9 Å². The van der Waals surface area contributed by atoms with Gasteiger partial charge < -0.3 is 73.5 Å². The van der Waals surface area contributed by atoms with Crippen molar-refractivity contribution in [2.24, 2.45) is 28.7 Å². The molecule has 0 radical (unpaired) electrons. The zero-order chi connectivity index (χ0) is 55.9. The van der Waals surface area contributed by atoms with Crippen LogP contribution in [-0.4, -0.2) is 170 Å². The molecule has 14 N–H and O–H groups in total. The lowest BCUT2D eigenvalue weighted by atomic mass is 9.84. The Labute approximate surface area is 427 Å². The van der Waals surface area contributed by atoms with Crippen LogP contribution in [0.4, 0.5) is 0 Å². The fourth-order valence-corrected chi connectivity index (χ4v) is 8.68. The van der Waals surface area contributed by atoms with Crippen LogP contribution in [-0.2, 0) is 64.0 Å². The van der Waals surface area contributed by atoms with Gasteiger partial charge in [-0.05, 0) is 41.7 Å². The first-order valence-corrected chi connectivity index (χ1v) is 24.1. The van der Waals surface area contributed by atoms with Gasteiger partial charge in [-0.3, -0.25) is 52.7 Å². The van der Waals surface area contributed by atoms with Gasteiger partial charge in [0.05, 0.1) is 25.8 Å². The minimum atomic E-state index is -1.94. The Morgan fingerprint density at radius 1 is 0.757 bits per heavy atom. The number of fused-ring (bicyclic) bond motifs is 1. The van der Waals surface area contributed by atoms with E-state index in [1.807, 2.05) is 0 Å². The second-order valence-electron chi connectivity index (χ2n) is 19.8. The standard InChI is InChI=1S/C48H71N11O15/c1-9-24(4)38(47(73)74)57-43(69)37(23(2)3)56-44(70)39(48(5,6)7)58(8)45(71)30(19-35(62)63)55-42(68)32-15-12-16-59(32)46(72)31(20-36(64)65)54-41(67)29(18-33(50)60)53-40(66)28(52-34(61)21-49)17-25-22-51-27-14-11-10-13-26(25)27/h10-11,13-14,22-24,28-32,37-39,51H,9,12,15-21,49H2,1-8H3,(H2,50,60)(H,52,61)(H,53,66)(H,54,67)(H,55,68)(H,56,70)(H,57,69)(H,62,63)(H,64,65)(H,73,74)/t24-,28-,29-,30-,31-,32-,37-,38-,39+/m0/s1. The molecular weight excluding hydrogens is 971 g/mol.